The molecule has 1 aliphatic rings. The second-order valence-corrected chi connectivity index (χ2v) is 4.60. The minimum absolute atomic E-state index is 0.158. The van der Waals surface area contributed by atoms with Crippen molar-refractivity contribution < 1.29 is 4.79 Å². The van der Waals surface area contributed by atoms with Crippen LogP contribution in [0.25, 0.3) is 0 Å². The van der Waals surface area contributed by atoms with Crippen LogP contribution in [-0.4, -0.2) is 29.8 Å². The van der Waals surface area contributed by atoms with Crippen LogP contribution in [0.2, 0.25) is 0 Å². The van der Waals surface area contributed by atoms with Gasteiger partial charge in [0.25, 0.3) is 0 Å². The molecule has 1 fully saturated rings. The van der Waals surface area contributed by atoms with E-state index in [1.54, 1.807) is 0 Å². The Balaban J connectivity index is 2.46. The molecule has 0 aromatic rings. The van der Waals surface area contributed by atoms with E-state index in [0.29, 0.717) is 5.88 Å². The van der Waals surface area contributed by atoms with Gasteiger partial charge < -0.3 is 4.90 Å². The van der Waals surface area contributed by atoms with Crippen LogP contribution in [0.4, 0.5) is 0 Å². The first-order chi connectivity index (χ1) is 6.66. The normalized spacial score (nSPS) is 20.5. The summed E-state index contributed by atoms with van der Waals surface area (Å²) in [5.41, 5.74) is 0. The molecule has 1 saturated carbocycles. The lowest BCUT2D eigenvalue weighted by Gasteiger charge is -2.29. The molecule has 0 saturated heterocycles. The fourth-order valence-corrected chi connectivity index (χ4v) is 2.17. The Labute approximate surface area is 91.6 Å². The standard InChI is InChI=1S/C11H20ClNO/c1-9(8-12)13(2)11(14)10-6-4-3-5-7-10/h9-10H,3-8H2,1-2H3. The number of carbonyl (C=O) groups is 1. The fourth-order valence-electron chi connectivity index (χ4n) is 1.96. The molecule has 3 heteroatoms. The number of hydrogen-bond acceptors (Lipinski definition) is 1. The summed E-state index contributed by atoms with van der Waals surface area (Å²) in [6.07, 6.45) is 5.84. The molecule has 1 amide bonds. The molecule has 2 nitrogen and oxygen atoms in total. The Morgan fingerprint density at radius 1 is 1.43 bits per heavy atom. The lowest BCUT2D eigenvalue weighted by molar-refractivity contribution is -0.136. The predicted octanol–water partition coefficient (Wildman–Crippen LogP) is 2.65. The second kappa shape index (κ2) is 5.59. The minimum Gasteiger partial charge on any atom is -0.342 e. The highest BCUT2D eigenvalue weighted by Gasteiger charge is 2.25. The highest BCUT2D eigenvalue weighted by Crippen LogP contribution is 2.25. The molecule has 0 spiro atoms. The van der Waals surface area contributed by atoms with E-state index in [9.17, 15) is 4.79 Å². The second-order valence-electron chi connectivity index (χ2n) is 4.29. The van der Waals surface area contributed by atoms with Crippen molar-refractivity contribution >= 4 is 17.5 Å². The Morgan fingerprint density at radius 3 is 2.50 bits per heavy atom. The SMILES string of the molecule is CC(CCl)N(C)C(=O)C1CCCCC1. The smallest absolute Gasteiger partial charge is 0.225 e. The zero-order valence-electron chi connectivity index (χ0n) is 9.13. The first kappa shape index (κ1) is 11.8. The third-order valence-corrected chi connectivity index (χ3v) is 3.63. The van der Waals surface area contributed by atoms with Gasteiger partial charge in [-0.1, -0.05) is 19.3 Å². The van der Waals surface area contributed by atoms with Crippen molar-refractivity contribution in [3.8, 4) is 0 Å². The van der Waals surface area contributed by atoms with Gasteiger partial charge in [0, 0.05) is 24.9 Å². The topological polar surface area (TPSA) is 20.3 Å². The van der Waals surface area contributed by atoms with Gasteiger partial charge in [-0.3, -0.25) is 4.79 Å². The first-order valence-corrected chi connectivity index (χ1v) is 6.03. The van der Waals surface area contributed by atoms with Crippen LogP contribution >= 0.6 is 11.6 Å². The van der Waals surface area contributed by atoms with Crippen molar-refractivity contribution in [3.63, 3.8) is 0 Å². The monoisotopic (exact) mass is 217 g/mol. The van der Waals surface area contributed by atoms with Crippen molar-refractivity contribution in [1.29, 1.82) is 0 Å². The fraction of sp³-hybridized carbons (Fsp3) is 0.909. The van der Waals surface area contributed by atoms with Crippen LogP contribution in [0, 0.1) is 5.92 Å². The Bertz CT molecular complexity index is 186. The summed E-state index contributed by atoms with van der Waals surface area (Å²) in [4.78, 5) is 13.8. The van der Waals surface area contributed by atoms with E-state index in [0.717, 1.165) is 12.8 Å². The van der Waals surface area contributed by atoms with Crippen molar-refractivity contribution in [1.82, 2.24) is 4.90 Å². The third-order valence-electron chi connectivity index (χ3n) is 3.19. The molecular weight excluding hydrogens is 198 g/mol. The van der Waals surface area contributed by atoms with E-state index in [-0.39, 0.29) is 17.9 Å². The molecule has 0 radical (unpaired) electrons. The molecule has 1 rings (SSSR count). The predicted molar refractivity (Wildman–Crippen MR) is 59.5 cm³/mol. The van der Waals surface area contributed by atoms with E-state index in [4.69, 9.17) is 11.6 Å². The molecule has 14 heavy (non-hydrogen) atoms. The number of rotatable bonds is 3. The largest absolute Gasteiger partial charge is 0.342 e. The maximum atomic E-state index is 12.0. The summed E-state index contributed by atoms with van der Waals surface area (Å²) in [5.74, 6) is 1.08. The number of alkyl halides is 1. The Kier molecular flexibility index (Phi) is 4.73. The van der Waals surface area contributed by atoms with Gasteiger partial charge in [0.15, 0.2) is 0 Å². The number of amides is 1. The van der Waals surface area contributed by atoms with E-state index in [1.807, 2.05) is 18.9 Å². The highest BCUT2D eigenvalue weighted by molar-refractivity contribution is 6.18. The third kappa shape index (κ3) is 2.88. The van der Waals surface area contributed by atoms with Gasteiger partial charge in [-0.05, 0) is 19.8 Å². The molecule has 1 aliphatic carbocycles. The molecule has 0 aromatic heterocycles. The maximum Gasteiger partial charge on any atom is 0.225 e. The molecule has 0 heterocycles. The zero-order chi connectivity index (χ0) is 10.6. The molecule has 0 aliphatic heterocycles. The van der Waals surface area contributed by atoms with Gasteiger partial charge in [-0.25, -0.2) is 0 Å². The van der Waals surface area contributed by atoms with Crippen LogP contribution in [0.15, 0.2) is 0 Å². The number of nitrogens with zero attached hydrogens (tertiary/aromatic N) is 1. The quantitative estimate of drug-likeness (QED) is 0.666. The Hall–Kier alpha value is -0.240. The van der Waals surface area contributed by atoms with E-state index in [2.05, 4.69) is 0 Å². The van der Waals surface area contributed by atoms with Gasteiger partial charge in [0.1, 0.15) is 0 Å². The number of carbonyl (C=O) groups excluding carboxylic acids is 1. The number of halogens is 1. The molecule has 0 aromatic carbocycles. The summed E-state index contributed by atoms with van der Waals surface area (Å²) in [7, 11) is 1.87. The van der Waals surface area contributed by atoms with Crippen LogP contribution in [0.1, 0.15) is 39.0 Å². The zero-order valence-corrected chi connectivity index (χ0v) is 9.89. The summed E-state index contributed by atoms with van der Waals surface area (Å²) in [5, 5.41) is 0. The summed E-state index contributed by atoms with van der Waals surface area (Å²) < 4.78 is 0. The van der Waals surface area contributed by atoms with Gasteiger partial charge in [-0.15, -0.1) is 11.6 Å². The van der Waals surface area contributed by atoms with E-state index in [1.165, 1.54) is 19.3 Å². The number of hydrogen-bond donors (Lipinski definition) is 0. The molecular formula is C11H20ClNO. The first-order valence-electron chi connectivity index (χ1n) is 5.49. The van der Waals surface area contributed by atoms with Crippen LogP contribution in [-0.2, 0) is 4.79 Å². The van der Waals surface area contributed by atoms with Crippen molar-refractivity contribution in [2.24, 2.45) is 5.92 Å². The molecule has 82 valence electrons. The summed E-state index contributed by atoms with van der Waals surface area (Å²) in [6, 6.07) is 0.158. The summed E-state index contributed by atoms with van der Waals surface area (Å²) in [6.45, 7) is 1.99. The molecule has 0 N–H and O–H groups in total. The van der Waals surface area contributed by atoms with Crippen molar-refractivity contribution in [2.75, 3.05) is 12.9 Å². The average Bonchev–Trinajstić information content (AvgIpc) is 2.27. The Morgan fingerprint density at radius 2 is 2.00 bits per heavy atom. The summed E-state index contributed by atoms with van der Waals surface area (Å²) >= 11 is 5.74. The molecule has 0 bridgehead atoms. The minimum atomic E-state index is 0.158. The highest BCUT2D eigenvalue weighted by atomic mass is 35.5. The van der Waals surface area contributed by atoms with Crippen LogP contribution < -0.4 is 0 Å². The molecule has 1 atom stereocenters. The maximum absolute atomic E-state index is 12.0. The van der Waals surface area contributed by atoms with Gasteiger partial charge >= 0.3 is 0 Å². The van der Waals surface area contributed by atoms with Crippen molar-refractivity contribution in [3.05, 3.63) is 0 Å². The van der Waals surface area contributed by atoms with E-state index >= 15 is 0 Å². The lowest BCUT2D eigenvalue weighted by Crippen LogP contribution is -2.40. The average molecular weight is 218 g/mol. The van der Waals surface area contributed by atoms with Crippen LogP contribution in [0.5, 0.6) is 0 Å². The molecule has 1 unspecified atom stereocenters. The van der Waals surface area contributed by atoms with Crippen molar-refractivity contribution in [2.45, 2.75) is 45.1 Å². The van der Waals surface area contributed by atoms with Gasteiger partial charge in [-0.2, -0.15) is 0 Å². The lowest BCUT2D eigenvalue weighted by atomic mass is 9.88. The van der Waals surface area contributed by atoms with E-state index < -0.39 is 0 Å². The van der Waals surface area contributed by atoms with Crippen LogP contribution in [0.3, 0.4) is 0 Å². The van der Waals surface area contributed by atoms with Gasteiger partial charge in [0.05, 0.1) is 0 Å². The van der Waals surface area contributed by atoms with Gasteiger partial charge in [0.2, 0.25) is 5.91 Å².